The Balaban J connectivity index is 2.39. The van der Waals surface area contributed by atoms with Gasteiger partial charge in [0.2, 0.25) is 0 Å². The van der Waals surface area contributed by atoms with Crippen LogP contribution in [-0.2, 0) is 0 Å². The first-order valence-electron chi connectivity index (χ1n) is 4.05. The van der Waals surface area contributed by atoms with Crippen LogP contribution in [-0.4, -0.2) is 20.0 Å². The molecule has 0 saturated carbocycles. The molecule has 2 aromatic rings. The Morgan fingerprint density at radius 2 is 2.00 bits per heavy atom. The molecule has 0 aliphatic rings. The molecule has 0 unspecified atom stereocenters. The molecule has 14 heavy (non-hydrogen) atoms. The molecule has 0 amide bonds. The summed E-state index contributed by atoms with van der Waals surface area (Å²) < 4.78 is 0. The Hall–Kier alpha value is -1.75. The molecule has 1 heterocycles. The molecule has 0 spiro atoms. The first-order chi connectivity index (χ1) is 6.77. The first-order valence-corrected chi connectivity index (χ1v) is 4.46. The number of thiocarbonyl (C=S) groups is 1. The fourth-order valence-electron chi connectivity index (χ4n) is 1.06. The van der Waals surface area contributed by atoms with E-state index < -0.39 is 0 Å². The lowest BCUT2D eigenvalue weighted by Gasteiger charge is -1.96. The molecular weight excluding hydrogens is 196 g/mol. The summed E-state index contributed by atoms with van der Waals surface area (Å²) in [5.74, 6) is 0. The fourth-order valence-corrected chi connectivity index (χ4v) is 1.16. The van der Waals surface area contributed by atoms with Gasteiger partial charge in [0.1, 0.15) is 10.7 Å². The Kier molecular flexibility index (Phi) is 2.24. The maximum atomic E-state index is 5.42. The predicted molar refractivity (Wildman–Crippen MR) is 57.2 cm³/mol. The number of hydrogen-bond acceptors (Lipinski definition) is 3. The summed E-state index contributed by atoms with van der Waals surface area (Å²) in [6, 6.07) is 9.58. The van der Waals surface area contributed by atoms with Gasteiger partial charge in [-0.05, 0) is 12.1 Å². The van der Waals surface area contributed by atoms with Crippen molar-refractivity contribution in [2.24, 2.45) is 5.73 Å². The molecule has 0 saturated heterocycles. The summed E-state index contributed by atoms with van der Waals surface area (Å²) in [7, 11) is 0. The first kappa shape index (κ1) is 8.83. The SMILES string of the molecule is NC(=S)c1cnn(-c2ccccc2)n1. The average Bonchev–Trinajstić information content (AvgIpc) is 2.68. The highest BCUT2D eigenvalue weighted by molar-refractivity contribution is 7.80. The molecular formula is C9H8N4S. The molecule has 2 N–H and O–H groups in total. The van der Waals surface area contributed by atoms with Crippen LogP contribution in [0.15, 0.2) is 36.5 Å². The summed E-state index contributed by atoms with van der Waals surface area (Å²) in [5, 5.41) is 8.17. The highest BCUT2D eigenvalue weighted by Crippen LogP contribution is 2.03. The minimum atomic E-state index is 0.257. The molecule has 70 valence electrons. The van der Waals surface area contributed by atoms with E-state index in [9.17, 15) is 0 Å². The van der Waals surface area contributed by atoms with Crippen LogP contribution in [0, 0.1) is 0 Å². The van der Waals surface area contributed by atoms with E-state index in [1.54, 1.807) is 6.20 Å². The van der Waals surface area contributed by atoms with E-state index in [1.807, 2.05) is 30.3 Å². The van der Waals surface area contributed by atoms with Gasteiger partial charge in [0.25, 0.3) is 0 Å². The highest BCUT2D eigenvalue weighted by Gasteiger charge is 2.03. The Labute approximate surface area is 86.3 Å². The van der Waals surface area contributed by atoms with Crippen LogP contribution < -0.4 is 5.73 Å². The molecule has 0 fully saturated rings. The van der Waals surface area contributed by atoms with Crippen molar-refractivity contribution >= 4 is 17.2 Å². The Morgan fingerprint density at radius 1 is 1.29 bits per heavy atom. The van der Waals surface area contributed by atoms with E-state index in [0.717, 1.165) is 5.69 Å². The van der Waals surface area contributed by atoms with Crippen LogP contribution in [0.3, 0.4) is 0 Å². The van der Waals surface area contributed by atoms with Crippen molar-refractivity contribution in [1.29, 1.82) is 0 Å². The van der Waals surface area contributed by atoms with Gasteiger partial charge in [-0.25, -0.2) is 0 Å². The molecule has 1 aromatic carbocycles. The van der Waals surface area contributed by atoms with Crippen LogP contribution in [0.2, 0.25) is 0 Å². The van der Waals surface area contributed by atoms with Crippen LogP contribution in [0.5, 0.6) is 0 Å². The lowest BCUT2D eigenvalue weighted by atomic mass is 10.3. The maximum absolute atomic E-state index is 5.42. The van der Waals surface area contributed by atoms with Crippen molar-refractivity contribution in [2.45, 2.75) is 0 Å². The van der Waals surface area contributed by atoms with Gasteiger partial charge in [-0.3, -0.25) is 0 Å². The predicted octanol–water partition coefficient (Wildman–Crippen LogP) is 0.902. The summed E-state index contributed by atoms with van der Waals surface area (Å²) >= 11 is 4.79. The van der Waals surface area contributed by atoms with Gasteiger partial charge in [0.05, 0.1) is 11.9 Å². The van der Waals surface area contributed by atoms with E-state index in [-0.39, 0.29) is 4.99 Å². The number of para-hydroxylation sites is 1. The third-order valence-corrected chi connectivity index (χ3v) is 1.94. The van der Waals surface area contributed by atoms with Gasteiger partial charge in [-0.15, -0.1) is 5.10 Å². The van der Waals surface area contributed by atoms with Gasteiger partial charge in [0.15, 0.2) is 0 Å². The zero-order valence-electron chi connectivity index (χ0n) is 7.29. The molecule has 0 radical (unpaired) electrons. The molecule has 5 heteroatoms. The van der Waals surface area contributed by atoms with Crippen molar-refractivity contribution in [1.82, 2.24) is 15.0 Å². The molecule has 0 atom stereocenters. The number of benzene rings is 1. The second kappa shape index (κ2) is 3.55. The molecule has 0 aliphatic carbocycles. The summed E-state index contributed by atoms with van der Waals surface area (Å²) in [6.45, 7) is 0. The smallest absolute Gasteiger partial charge is 0.140 e. The zero-order chi connectivity index (χ0) is 9.97. The molecule has 4 nitrogen and oxygen atoms in total. The topological polar surface area (TPSA) is 56.7 Å². The lowest BCUT2D eigenvalue weighted by Crippen LogP contribution is -2.10. The number of aromatic nitrogens is 3. The van der Waals surface area contributed by atoms with Crippen molar-refractivity contribution in [3.8, 4) is 5.69 Å². The highest BCUT2D eigenvalue weighted by atomic mass is 32.1. The van der Waals surface area contributed by atoms with Crippen LogP contribution >= 0.6 is 12.2 Å². The second-order valence-corrected chi connectivity index (χ2v) is 3.16. The average molecular weight is 204 g/mol. The van der Waals surface area contributed by atoms with Crippen molar-refractivity contribution in [2.75, 3.05) is 0 Å². The zero-order valence-corrected chi connectivity index (χ0v) is 8.11. The van der Waals surface area contributed by atoms with Crippen LogP contribution in [0.1, 0.15) is 5.69 Å². The normalized spacial score (nSPS) is 10.0. The molecule has 0 bridgehead atoms. The van der Waals surface area contributed by atoms with Gasteiger partial charge in [-0.2, -0.15) is 9.90 Å². The monoisotopic (exact) mass is 204 g/mol. The number of nitrogens with zero attached hydrogens (tertiary/aromatic N) is 3. The summed E-state index contributed by atoms with van der Waals surface area (Å²) in [5.41, 5.74) is 6.84. The number of hydrogen-bond donors (Lipinski definition) is 1. The molecule has 0 aliphatic heterocycles. The van der Waals surface area contributed by atoms with Crippen molar-refractivity contribution < 1.29 is 0 Å². The van der Waals surface area contributed by atoms with E-state index in [0.29, 0.717) is 5.69 Å². The molecule has 2 rings (SSSR count). The number of rotatable bonds is 2. The van der Waals surface area contributed by atoms with Gasteiger partial charge >= 0.3 is 0 Å². The van der Waals surface area contributed by atoms with Crippen LogP contribution in [0.4, 0.5) is 0 Å². The largest absolute Gasteiger partial charge is 0.388 e. The van der Waals surface area contributed by atoms with Crippen molar-refractivity contribution in [3.05, 3.63) is 42.2 Å². The quantitative estimate of drug-likeness (QED) is 0.738. The summed E-state index contributed by atoms with van der Waals surface area (Å²) in [6.07, 6.45) is 1.55. The van der Waals surface area contributed by atoms with Gasteiger partial charge < -0.3 is 5.73 Å². The minimum Gasteiger partial charge on any atom is -0.388 e. The van der Waals surface area contributed by atoms with E-state index >= 15 is 0 Å². The lowest BCUT2D eigenvalue weighted by molar-refractivity contribution is 0.750. The third-order valence-electron chi connectivity index (χ3n) is 1.73. The number of nitrogens with two attached hydrogens (primary N) is 1. The second-order valence-electron chi connectivity index (χ2n) is 2.72. The van der Waals surface area contributed by atoms with E-state index in [1.165, 1.54) is 4.80 Å². The van der Waals surface area contributed by atoms with Gasteiger partial charge in [-0.1, -0.05) is 30.4 Å². The van der Waals surface area contributed by atoms with E-state index in [2.05, 4.69) is 10.2 Å². The third kappa shape index (κ3) is 1.62. The Bertz CT molecular complexity index is 449. The fraction of sp³-hybridized carbons (Fsp3) is 0. The van der Waals surface area contributed by atoms with Gasteiger partial charge in [0, 0.05) is 0 Å². The standard InChI is InChI=1S/C9H8N4S/c10-9(14)8-6-11-13(12-8)7-4-2-1-3-5-7/h1-6H,(H2,10,14). The Morgan fingerprint density at radius 3 is 2.57 bits per heavy atom. The minimum absolute atomic E-state index is 0.257. The van der Waals surface area contributed by atoms with Crippen molar-refractivity contribution in [3.63, 3.8) is 0 Å². The molecule has 1 aromatic heterocycles. The van der Waals surface area contributed by atoms with Crippen LogP contribution in [0.25, 0.3) is 5.69 Å². The summed E-state index contributed by atoms with van der Waals surface area (Å²) in [4.78, 5) is 1.75. The van der Waals surface area contributed by atoms with E-state index in [4.69, 9.17) is 18.0 Å². The maximum Gasteiger partial charge on any atom is 0.140 e.